The van der Waals surface area contributed by atoms with Gasteiger partial charge in [0.05, 0.1) is 21.7 Å². The number of halogens is 5. The second kappa shape index (κ2) is 7.34. The van der Waals surface area contributed by atoms with Crippen LogP contribution in [0.25, 0.3) is 5.69 Å². The average Bonchev–Trinajstić information content (AvgIpc) is 2.57. The molecule has 0 bridgehead atoms. The first-order chi connectivity index (χ1) is 13.1. The molecule has 0 amide bonds. The van der Waals surface area contributed by atoms with Crippen molar-refractivity contribution in [2.75, 3.05) is 0 Å². The van der Waals surface area contributed by atoms with E-state index in [-0.39, 0.29) is 26.9 Å². The second-order valence-corrected chi connectivity index (χ2v) is 7.32. The van der Waals surface area contributed by atoms with Crippen LogP contribution >= 0.6 is 23.2 Å². The third-order valence-corrected chi connectivity index (χ3v) is 5.20. The van der Waals surface area contributed by atoms with E-state index in [4.69, 9.17) is 23.2 Å². The van der Waals surface area contributed by atoms with Gasteiger partial charge >= 0.3 is 17.8 Å². The Labute approximate surface area is 170 Å². The smallest absolute Gasteiger partial charge is 0.431 e. The number of carbonyl (C=O) groups excluding carboxylic acids is 1. The van der Waals surface area contributed by atoms with E-state index in [1.165, 1.54) is 13.8 Å². The van der Waals surface area contributed by atoms with Gasteiger partial charge in [-0.3, -0.25) is 14.2 Å². The Morgan fingerprint density at radius 3 is 2.10 bits per heavy atom. The zero-order valence-electron chi connectivity index (χ0n) is 15.1. The minimum atomic E-state index is -4.96. The fraction of sp³-hybridized carbons (Fsp3) is 0.294. The minimum absolute atomic E-state index is 0.122. The summed E-state index contributed by atoms with van der Waals surface area (Å²) < 4.78 is 39.6. The first-order valence-corrected chi connectivity index (χ1v) is 8.54. The molecule has 0 unspecified atom stereocenters. The highest BCUT2D eigenvalue weighted by Gasteiger charge is 2.36. The molecular formula is C17H13Cl2F3N2O5. The molecule has 7 nitrogen and oxygen atoms in total. The van der Waals surface area contributed by atoms with Crippen LogP contribution in [0.1, 0.15) is 35.5 Å². The normalized spacial score (nSPS) is 12.1. The maximum atomic E-state index is 13.0. The largest absolute Gasteiger partial charge is 0.478 e. The SMILES string of the molecule is Cn1c(C(F)(F)F)cc(=O)n(-c2cc(C(=O)O)c(Cl)c(C(C)(C)C(=O)Cl)c2)c1=O. The van der Waals surface area contributed by atoms with Crippen LogP contribution in [0, 0.1) is 0 Å². The molecular weight excluding hydrogens is 440 g/mol. The molecule has 0 aliphatic heterocycles. The maximum absolute atomic E-state index is 13.0. The van der Waals surface area contributed by atoms with Crippen molar-refractivity contribution in [3.63, 3.8) is 0 Å². The molecule has 0 radical (unpaired) electrons. The molecule has 0 fully saturated rings. The molecule has 29 heavy (non-hydrogen) atoms. The molecule has 0 saturated carbocycles. The number of hydrogen-bond donors (Lipinski definition) is 1. The van der Waals surface area contributed by atoms with Crippen LogP contribution in [-0.4, -0.2) is 25.5 Å². The molecule has 0 aliphatic carbocycles. The summed E-state index contributed by atoms with van der Waals surface area (Å²) in [7, 11) is 0.808. The fourth-order valence-corrected chi connectivity index (χ4v) is 3.12. The van der Waals surface area contributed by atoms with Crippen molar-refractivity contribution >= 4 is 34.4 Å². The molecule has 2 aromatic rings. The molecule has 1 heterocycles. The van der Waals surface area contributed by atoms with Gasteiger partial charge in [0.1, 0.15) is 5.69 Å². The summed E-state index contributed by atoms with van der Waals surface area (Å²) in [4.78, 5) is 48.1. The van der Waals surface area contributed by atoms with Crippen LogP contribution in [0.15, 0.2) is 27.8 Å². The van der Waals surface area contributed by atoms with Crippen LogP contribution < -0.4 is 11.2 Å². The minimum Gasteiger partial charge on any atom is -0.478 e. The van der Waals surface area contributed by atoms with Crippen LogP contribution in [-0.2, 0) is 23.4 Å². The molecule has 156 valence electrons. The molecule has 0 aliphatic rings. The molecule has 0 saturated heterocycles. The number of aromatic nitrogens is 2. The van der Waals surface area contributed by atoms with E-state index in [2.05, 4.69) is 0 Å². The number of carboxylic acids is 1. The number of alkyl halides is 3. The molecule has 1 N–H and O–H groups in total. The predicted molar refractivity (Wildman–Crippen MR) is 98.1 cm³/mol. The predicted octanol–water partition coefficient (Wildman–Crippen LogP) is 2.95. The number of carboxylic acid groups (broad SMARTS) is 1. The summed E-state index contributed by atoms with van der Waals surface area (Å²) in [5.41, 5.74) is -6.80. The monoisotopic (exact) mass is 452 g/mol. The van der Waals surface area contributed by atoms with E-state index in [9.17, 15) is 37.5 Å². The summed E-state index contributed by atoms with van der Waals surface area (Å²) in [6, 6.07) is 2.11. The number of aromatic carboxylic acids is 1. The first-order valence-electron chi connectivity index (χ1n) is 7.78. The zero-order valence-corrected chi connectivity index (χ0v) is 16.6. The van der Waals surface area contributed by atoms with Crippen LogP contribution in [0.3, 0.4) is 0 Å². The third kappa shape index (κ3) is 3.95. The summed E-state index contributed by atoms with van der Waals surface area (Å²) in [6.07, 6.45) is -4.96. The number of rotatable bonds is 4. The second-order valence-electron chi connectivity index (χ2n) is 6.60. The summed E-state index contributed by atoms with van der Waals surface area (Å²) in [5, 5.41) is 8.11. The van der Waals surface area contributed by atoms with Gasteiger partial charge in [0.15, 0.2) is 0 Å². The molecule has 0 spiro atoms. The van der Waals surface area contributed by atoms with Gasteiger partial charge in [-0.2, -0.15) is 13.2 Å². The van der Waals surface area contributed by atoms with Gasteiger partial charge in [-0.1, -0.05) is 11.6 Å². The van der Waals surface area contributed by atoms with Crippen molar-refractivity contribution in [2.45, 2.75) is 25.4 Å². The number of carbonyl (C=O) groups is 2. The zero-order chi connectivity index (χ0) is 22.5. The van der Waals surface area contributed by atoms with Crippen LogP contribution in [0.2, 0.25) is 5.02 Å². The van der Waals surface area contributed by atoms with Gasteiger partial charge in [0.25, 0.3) is 5.56 Å². The van der Waals surface area contributed by atoms with Crippen molar-refractivity contribution in [1.29, 1.82) is 0 Å². The lowest BCUT2D eigenvalue weighted by Crippen LogP contribution is -2.41. The van der Waals surface area contributed by atoms with Crippen LogP contribution in [0.5, 0.6) is 0 Å². The topological polar surface area (TPSA) is 98.4 Å². The van der Waals surface area contributed by atoms with Gasteiger partial charge in [-0.05, 0) is 43.1 Å². The fourth-order valence-electron chi connectivity index (χ4n) is 2.59. The average molecular weight is 453 g/mol. The van der Waals surface area contributed by atoms with Crippen molar-refractivity contribution in [3.05, 3.63) is 60.9 Å². The highest BCUT2D eigenvalue weighted by atomic mass is 35.5. The van der Waals surface area contributed by atoms with Crippen molar-refractivity contribution in [1.82, 2.24) is 9.13 Å². The van der Waals surface area contributed by atoms with E-state index in [1.807, 2.05) is 0 Å². The van der Waals surface area contributed by atoms with Gasteiger partial charge < -0.3 is 5.11 Å². The summed E-state index contributed by atoms with van der Waals surface area (Å²) in [5.74, 6) is -1.55. The first kappa shape index (κ1) is 22.7. The molecule has 1 aromatic carbocycles. The summed E-state index contributed by atoms with van der Waals surface area (Å²) >= 11 is 11.6. The number of hydrogen-bond acceptors (Lipinski definition) is 4. The highest BCUT2D eigenvalue weighted by Crippen LogP contribution is 2.36. The quantitative estimate of drug-likeness (QED) is 0.719. The van der Waals surface area contributed by atoms with E-state index in [0.29, 0.717) is 4.57 Å². The van der Waals surface area contributed by atoms with Gasteiger partial charge in [-0.15, -0.1) is 0 Å². The van der Waals surface area contributed by atoms with E-state index < -0.39 is 45.3 Å². The Morgan fingerprint density at radius 2 is 1.66 bits per heavy atom. The van der Waals surface area contributed by atoms with Gasteiger partial charge in [0, 0.05) is 13.1 Å². The Balaban J connectivity index is 2.98. The highest BCUT2D eigenvalue weighted by molar-refractivity contribution is 6.65. The number of nitrogens with zero attached hydrogens (tertiary/aromatic N) is 2. The van der Waals surface area contributed by atoms with Gasteiger partial charge in [0.2, 0.25) is 5.24 Å². The Morgan fingerprint density at radius 1 is 1.10 bits per heavy atom. The standard InChI is InChI=1S/C17H13Cl2F3N2O5/c1-16(2,14(19)28)9-5-7(4-8(12(9)18)13(26)27)24-11(25)6-10(17(20,21)22)23(3)15(24)29/h4-6H,1-3H3,(H,26,27). The number of benzene rings is 1. The lowest BCUT2D eigenvalue weighted by molar-refractivity contribution is -0.144. The van der Waals surface area contributed by atoms with E-state index in [0.717, 1.165) is 19.2 Å². The molecule has 2 rings (SSSR count). The molecule has 12 heteroatoms. The van der Waals surface area contributed by atoms with Crippen molar-refractivity contribution in [2.24, 2.45) is 7.05 Å². The Kier molecular flexibility index (Phi) is 5.75. The van der Waals surface area contributed by atoms with E-state index in [1.54, 1.807) is 0 Å². The van der Waals surface area contributed by atoms with Gasteiger partial charge in [-0.25, -0.2) is 14.2 Å². The Hall–Kier alpha value is -2.59. The molecule has 0 atom stereocenters. The lowest BCUT2D eigenvalue weighted by atomic mass is 9.84. The van der Waals surface area contributed by atoms with Crippen molar-refractivity contribution in [3.8, 4) is 5.69 Å². The molecule has 1 aromatic heterocycles. The third-order valence-electron chi connectivity index (χ3n) is 4.32. The van der Waals surface area contributed by atoms with Crippen molar-refractivity contribution < 1.29 is 27.9 Å². The van der Waals surface area contributed by atoms with E-state index >= 15 is 0 Å². The lowest BCUT2D eigenvalue weighted by Gasteiger charge is -2.24. The summed E-state index contributed by atoms with van der Waals surface area (Å²) in [6.45, 7) is 2.65. The van der Waals surface area contributed by atoms with Crippen LogP contribution in [0.4, 0.5) is 13.2 Å². The Bertz CT molecular complexity index is 1150. The maximum Gasteiger partial charge on any atom is 0.431 e.